The van der Waals surface area contributed by atoms with Gasteiger partial charge in [-0.15, -0.1) is 0 Å². The van der Waals surface area contributed by atoms with Crippen LogP contribution in [0.3, 0.4) is 0 Å². The van der Waals surface area contributed by atoms with Crippen molar-refractivity contribution in [1.29, 1.82) is 0 Å². The van der Waals surface area contributed by atoms with E-state index in [2.05, 4.69) is 28.3 Å². The average molecular weight is 316 g/mol. The van der Waals surface area contributed by atoms with Crippen molar-refractivity contribution >= 4 is 23.2 Å². The van der Waals surface area contributed by atoms with Gasteiger partial charge in [-0.3, -0.25) is 0 Å². The van der Waals surface area contributed by atoms with Crippen LogP contribution in [-0.2, 0) is 13.0 Å². The molecule has 0 saturated carbocycles. The van der Waals surface area contributed by atoms with Crippen molar-refractivity contribution in [3.8, 4) is 22.8 Å². The number of benzene rings is 2. The van der Waals surface area contributed by atoms with Crippen LogP contribution >= 0.6 is 23.2 Å². The zero-order valence-corrected chi connectivity index (χ0v) is 12.6. The van der Waals surface area contributed by atoms with Crippen molar-refractivity contribution in [2.24, 2.45) is 0 Å². The maximum atomic E-state index is 6.08. The Labute approximate surface area is 132 Å². The van der Waals surface area contributed by atoms with Gasteiger partial charge in [0.25, 0.3) is 0 Å². The molecule has 0 saturated heterocycles. The third kappa shape index (κ3) is 2.13. The monoisotopic (exact) mass is 315 g/mol. The Morgan fingerprint density at radius 2 is 1.86 bits per heavy atom. The predicted octanol–water partition coefficient (Wildman–Crippen LogP) is 4.48. The van der Waals surface area contributed by atoms with E-state index in [1.165, 1.54) is 5.56 Å². The van der Waals surface area contributed by atoms with E-state index in [0.29, 0.717) is 15.9 Å². The molecule has 1 aliphatic rings. The summed E-state index contributed by atoms with van der Waals surface area (Å²) in [5.41, 5.74) is 3.35. The van der Waals surface area contributed by atoms with Crippen molar-refractivity contribution in [3.63, 3.8) is 0 Å². The molecule has 104 valence electrons. The zero-order chi connectivity index (χ0) is 14.4. The quantitative estimate of drug-likeness (QED) is 0.663. The van der Waals surface area contributed by atoms with Crippen molar-refractivity contribution in [3.05, 3.63) is 58.1 Å². The second kappa shape index (κ2) is 4.86. The van der Waals surface area contributed by atoms with E-state index in [4.69, 9.17) is 23.2 Å². The van der Waals surface area contributed by atoms with E-state index in [1.54, 1.807) is 12.1 Å². The first kappa shape index (κ1) is 12.9. The van der Waals surface area contributed by atoms with E-state index >= 15 is 0 Å². The molecule has 5 heteroatoms. The fraction of sp³-hybridized carbons (Fsp3) is 0.125. The lowest BCUT2D eigenvalue weighted by atomic mass is 10.0. The first-order chi connectivity index (χ1) is 10.2. The molecule has 2 aromatic carbocycles. The summed E-state index contributed by atoms with van der Waals surface area (Å²) in [6.07, 6.45) is 0.980. The maximum Gasteiger partial charge on any atom is 0.181 e. The number of hydrogen-bond acceptors (Lipinski definition) is 2. The molecule has 0 amide bonds. The zero-order valence-electron chi connectivity index (χ0n) is 11.1. The van der Waals surface area contributed by atoms with E-state index in [-0.39, 0.29) is 0 Å². The molecule has 2 heterocycles. The van der Waals surface area contributed by atoms with Crippen molar-refractivity contribution in [1.82, 2.24) is 14.8 Å². The first-order valence-corrected chi connectivity index (χ1v) is 7.46. The van der Waals surface area contributed by atoms with Crippen LogP contribution in [0, 0.1) is 0 Å². The third-order valence-electron chi connectivity index (χ3n) is 3.70. The SMILES string of the molecule is Clc1ccc(-c2nc3n(n2)CCc2ccccc2-3)cc1Cl. The molecule has 0 atom stereocenters. The molecule has 1 aromatic heterocycles. The van der Waals surface area contributed by atoms with Crippen LogP contribution in [0.5, 0.6) is 0 Å². The lowest BCUT2D eigenvalue weighted by Gasteiger charge is -2.15. The number of aromatic nitrogens is 3. The molecule has 3 aromatic rings. The standard InChI is InChI=1S/C16H11Cl2N3/c17-13-6-5-11(9-14(13)18)15-19-16-12-4-2-1-3-10(12)7-8-21(16)20-15/h1-6,9H,7-8H2. The molecule has 0 bridgehead atoms. The molecular formula is C16H11Cl2N3. The van der Waals surface area contributed by atoms with E-state index in [0.717, 1.165) is 29.9 Å². The van der Waals surface area contributed by atoms with E-state index in [9.17, 15) is 0 Å². The van der Waals surface area contributed by atoms with Gasteiger partial charge in [-0.2, -0.15) is 5.10 Å². The summed E-state index contributed by atoms with van der Waals surface area (Å²) < 4.78 is 1.96. The average Bonchev–Trinajstić information content (AvgIpc) is 2.94. The Hall–Kier alpha value is -1.84. The van der Waals surface area contributed by atoms with Crippen LogP contribution < -0.4 is 0 Å². The molecule has 0 spiro atoms. The molecule has 3 nitrogen and oxygen atoms in total. The van der Waals surface area contributed by atoms with Gasteiger partial charge in [-0.25, -0.2) is 9.67 Å². The number of nitrogens with zero attached hydrogens (tertiary/aromatic N) is 3. The molecule has 21 heavy (non-hydrogen) atoms. The highest BCUT2D eigenvalue weighted by atomic mass is 35.5. The highest BCUT2D eigenvalue weighted by Crippen LogP contribution is 2.31. The van der Waals surface area contributed by atoms with Crippen molar-refractivity contribution < 1.29 is 0 Å². The highest BCUT2D eigenvalue weighted by Gasteiger charge is 2.20. The smallest absolute Gasteiger partial charge is 0.181 e. The number of halogens is 2. The van der Waals surface area contributed by atoms with Crippen LogP contribution in [0.4, 0.5) is 0 Å². The molecule has 0 radical (unpaired) electrons. The molecule has 0 fully saturated rings. The topological polar surface area (TPSA) is 30.7 Å². The van der Waals surface area contributed by atoms with E-state index in [1.807, 2.05) is 16.8 Å². The van der Waals surface area contributed by atoms with Gasteiger partial charge in [0.15, 0.2) is 11.6 Å². The number of aryl methyl sites for hydroxylation is 2. The second-order valence-electron chi connectivity index (χ2n) is 5.02. The maximum absolute atomic E-state index is 6.08. The summed E-state index contributed by atoms with van der Waals surface area (Å²) in [7, 11) is 0. The van der Waals surface area contributed by atoms with Crippen molar-refractivity contribution in [2.75, 3.05) is 0 Å². The van der Waals surface area contributed by atoms with Crippen LogP contribution in [0.15, 0.2) is 42.5 Å². The highest BCUT2D eigenvalue weighted by molar-refractivity contribution is 6.42. The Morgan fingerprint density at radius 1 is 1.00 bits per heavy atom. The van der Waals surface area contributed by atoms with Crippen LogP contribution in [0.1, 0.15) is 5.56 Å². The summed E-state index contributed by atoms with van der Waals surface area (Å²) in [6.45, 7) is 0.848. The summed E-state index contributed by atoms with van der Waals surface area (Å²) >= 11 is 12.0. The third-order valence-corrected chi connectivity index (χ3v) is 4.44. The van der Waals surface area contributed by atoms with Crippen LogP contribution in [0.2, 0.25) is 10.0 Å². The molecule has 0 N–H and O–H groups in total. The lowest BCUT2D eigenvalue weighted by molar-refractivity contribution is 0.607. The largest absolute Gasteiger partial charge is 0.245 e. The number of hydrogen-bond donors (Lipinski definition) is 0. The van der Waals surface area contributed by atoms with Gasteiger partial charge in [-0.1, -0.05) is 47.5 Å². The molecule has 0 unspecified atom stereocenters. The van der Waals surface area contributed by atoms with Gasteiger partial charge in [0.05, 0.1) is 10.0 Å². The Bertz CT molecular complexity index is 839. The van der Waals surface area contributed by atoms with Crippen LogP contribution in [-0.4, -0.2) is 14.8 Å². The summed E-state index contributed by atoms with van der Waals surface area (Å²) in [4.78, 5) is 4.68. The minimum atomic E-state index is 0.516. The Kier molecular flexibility index (Phi) is 2.98. The fourth-order valence-electron chi connectivity index (χ4n) is 2.64. The van der Waals surface area contributed by atoms with Gasteiger partial charge in [0, 0.05) is 17.7 Å². The van der Waals surface area contributed by atoms with E-state index < -0.39 is 0 Å². The Morgan fingerprint density at radius 3 is 2.71 bits per heavy atom. The predicted molar refractivity (Wildman–Crippen MR) is 84.6 cm³/mol. The Balaban J connectivity index is 1.84. The van der Waals surface area contributed by atoms with Crippen molar-refractivity contribution in [2.45, 2.75) is 13.0 Å². The van der Waals surface area contributed by atoms with Gasteiger partial charge in [-0.05, 0) is 30.2 Å². The number of fused-ring (bicyclic) bond motifs is 3. The molecule has 0 aliphatic carbocycles. The molecule has 1 aliphatic heterocycles. The molecule has 4 rings (SSSR count). The normalized spacial score (nSPS) is 12.9. The van der Waals surface area contributed by atoms with Crippen LogP contribution in [0.25, 0.3) is 22.8 Å². The van der Waals surface area contributed by atoms with Gasteiger partial charge in [0.1, 0.15) is 0 Å². The van der Waals surface area contributed by atoms with Gasteiger partial charge >= 0.3 is 0 Å². The lowest BCUT2D eigenvalue weighted by Crippen LogP contribution is -2.11. The second-order valence-corrected chi connectivity index (χ2v) is 5.83. The van der Waals surface area contributed by atoms with Gasteiger partial charge in [0.2, 0.25) is 0 Å². The van der Waals surface area contributed by atoms with Gasteiger partial charge < -0.3 is 0 Å². The minimum absolute atomic E-state index is 0.516. The first-order valence-electron chi connectivity index (χ1n) is 6.71. The molecular weight excluding hydrogens is 305 g/mol. The fourth-order valence-corrected chi connectivity index (χ4v) is 2.94. The minimum Gasteiger partial charge on any atom is -0.245 e. The summed E-state index contributed by atoms with van der Waals surface area (Å²) in [6, 6.07) is 13.8. The summed E-state index contributed by atoms with van der Waals surface area (Å²) in [5, 5.41) is 5.65. The number of rotatable bonds is 1. The summed E-state index contributed by atoms with van der Waals surface area (Å²) in [5.74, 6) is 1.60.